The Bertz CT molecular complexity index is 1170. The predicted octanol–water partition coefficient (Wildman–Crippen LogP) is 4.31. The van der Waals surface area contributed by atoms with Crippen LogP contribution in [0.3, 0.4) is 0 Å². The summed E-state index contributed by atoms with van der Waals surface area (Å²) in [5.74, 6) is -0.0607. The van der Waals surface area contributed by atoms with Crippen LogP contribution < -0.4 is 21.5 Å². The molecule has 1 saturated carbocycles. The van der Waals surface area contributed by atoms with Gasteiger partial charge < -0.3 is 20.9 Å². The molecule has 1 aliphatic carbocycles. The largest absolute Gasteiger partial charge is 0.405 e. The van der Waals surface area contributed by atoms with Gasteiger partial charge in [0.2, 0.25) is 0 Å². The fraction of sp³-hybridized carbons (Fsp3) is 0.318. The Balaban J connectivity index is 1.57. The summed E-state index contributed by atoms with van der Waals surface area (Å²) in [4.78, 5) is 31.4. The van der Waals surface area contributed by atoms with E-state index in [1.165, 1.54) is 12.3 Å². The average Bonchev–Trinajstić information content (AvgIpc) is 3.25. The van der Waals surface area contributed by atoms with Crippen LogP contribution >= 0.6 is 0 Å². The van der Waals surface area contributed by atoms with Crippen molar-refractivity contribution in [3.63, 3.8) is 0 Å². The van der Waals surface area contributed by atoms with Crippen LogP contribution in [0, 0.1) is 0 Å². The Labute approximate surface area is 181 Å². The molecule has 168 valence electrons. The van der Waals surface area contributed by atoms with E-state index >= 15 is 0 Å². The van der Waals surface area contributed by atoms with Gasteiger partial charge in [-0.3, -0.25) is 9.59 Å². The third-order valence-electron chi connectivity index (χ3n) is 5.32. The van der Waals surface area contributed by atoms with E-state index in [1.807, 2.05) is 0 Å². The van der Waals surface area contributed by atoms with Crippen LogP contribution in [0.1, 0.15) is 36.0 Å². The van der Waals surface area contributed by atoms with E-state index in [9.17, 15) is 22.8 Å². The van der Waals surface area contributed by atoms with Gasteiger partial charge in [-0.15, -0.1) is 0 Å². The first-order chi connectivity index (χ1) is 15.3. The van der Waals surface area contributed by atoms with Crippen molar-refractivity contribution < 1.29 is 18.0 Å². The number of H-pyrrole nitrogens is 1. The van der Waals surface area contributed by atoms with Crippen LogP contribution in [0.5, 0.6) is 0 Å². The number of hydrogen-bond acceptors (Lipinski definition) is 5. The van der Waals surface area contributed by atoms with Crippen molar-refractivity contribution in [2.45, 2.75) is 37.9 Å². The first-order valence-corrected chi connectivity index (χ1v) is 10.3. The Hall–Kier alpha value is -3.56. The van der Waals surface area contributed by atoms with Gasteiger partial charge in [-0.05, 0) is 54.6 Å². The molecule has 0 spiro atoms. The molecule has 7 nitrogen and oxygen atoms in total. The lowest BCUT2D eigenvalue weighted by atomic mass is 10.1. The second-order valence-corrected chi connectivity index (χ2v) is 7.75. The minimum atomic E-state index is -4.41. The van der Waals surface area contributed by atoms with Crippen molar-refractivity contribution >= 4 is 34.0 Å². The van der Waals surface area contributed by atoms with E-state index in [2.05, 4.69) is 25.9 Å². The molecule has 0 aliphatic heterocycles. The van der Waals surface area contributed by atoms with Gasteiger partial charge in [-0.25, -0.2) is 4.98 Å². The van der Waals surface area contributed by atoms with E-state index in [0.717, 1.165) is 25.7 Å². The summed E-state index contributed by atoms with van der Waals surface area (Å²) < 4.78 is 37.8. The van der Waals surface area contributed by atoms with Crippen molar-refractivity contribution in [1.82, 2.24) is 15.3 Å². The Kier molecular flexibility index (Phi) is 6.02. The third-order valence-corrected chi connectivity index (χ3v) is 5.32. The molecule has 0 saturated heterocycles. The van der Waals surface area contributed by atoms with Crippen LogP contribution in [-0.4, -0.2) is 34.6 Å². The molecule has 32 heavy (non-hydrogen) atoms. The molecule has 3 aromatic rings. The second-order valence-electron chi connectivity index (χ2n) is 7.75. The van der Waals surface area contributed by atoms with Gasteiger partial charge in [-0.2, -0.15) is 13.2 Å². The highest BCUT2D eigenvalue weighted by Gasteiger charge is 2.27. The summed E-state index contributed by atoms with van der Waals surface area (Å²) in [5.41, 5.74) is 0.610. The normalized spacial score (nSPS) is 14.5. The minimum absolute atomic E-state index is 0.0181. The zero-order valence-electron chi connectivity index (χ0n) is 17.1. The average molecular weight is 445 g/mol. The molecule has 10 heteroatoms. The monoisotopic (exact) mass is 445 g/mol. The molecule has 1 aromatic carbocycles. The van der Waals surface area contributed by atoms with E-state index in [0.29, 0.717) is 16.6 Å². The summed E-state index contributed by atoms with van der Waals surface area (Å²) in [6.07, 6.45) is 1.21. The topological polar surface area (TPSA) is 98.9 Å². The number of pyridine rings is 2. The van der Waals surface area contributed by atoms with Crippen molar-refractivity contribution in [3.8, 4) is 0 Å². The Morgan fingerprint density at radius 2 is 1.84 bits per heavy atom. The number of carbonyl (C=O) groups is 1. The summed E-state index contributed by atoms with van der Waals surface area (Å²) in [7, 11) is 0. The van der Waals surface area contributed by atoms with Crippen LogP contribution in [0.15, 0.2) is 47.4 Å². The summed E-state index contributed by atoms with van der Waals surface area (Å²) in [5, 5.41) is 8.88. The van der Waals surface area contributed by atoms with Gasteiger partial charge in [0, 0.05) is 23.5 Å². The van der Waals surface area contributed by atoms with E-state index in [-0.39, 0.29) is 29.0 Å². The molecular formula is C22H22F3N5O2. The molecule has 1 aliphatic rings. The van der Waals surface area contributed by atoms with Gasteiger partial charge in [0.1, 0.15) is 18.2 Å². The molecule has 1 amide bonds. The molecule has 2 heterocycles. The fourth-order valence-electron chi connectivity index (χ4n) is 3.77. The highest BCUT2D eigenvalue weighted by Crippen LogP contribution is 2.26. The molecule has 0 bridgehead atoms. The number of aromatic amines is 1. The second kappa shape index (κ2) is 8.89. The number of nitrogens with one attached hydrogen (secondary N) is 4. The maximum Gasteiger partial charge on any atom is 0.405 e. The maximum absolute atomic E-state index is 12.6. The minimum Gasteiger partial charge on any atom is -0.361 e. The number of rotatable bonds is 6. The van der Waals surface area contributed by atoms with Crippen LogP contribution in [-0.2, 0) is 0 Å². The number of alkyl halides is 3. The number of fused-ring (bicyclic) bond motifs is 1. The van der Waals surface area contributed by atoms with Crippen LogP contribution in [0.25, 0.3) is 10.8 Å². The van der Waals surface area contributed by atoms with Crippen molar-refractivity contribution in [2.24, 2.45) is 0 Å². The Morgan fingerprint density at radius 3 is 2.53 bits per heavy atom. The third kappa shape index (κ3) is 5.19. The lowest BCUT2D eigenvalue weighted by molar-refractivity contribution is -0.115. The molecular weight excluding hydrogens is 423 g/mol. The van der Waals surface area contributed by atoms with E-state index < -0.39 is 18.3 Å². The van der Waals surface area contributed by atoms with Gasteiger partial charge in [0.05, 0.1) is 5.39 Å². The number of hydrogen-bond donors (Lipinski definition) is 4. The lowest BCUT2D eigenvalue weighted by Crippen LogP contribution is -2.32. The number of anilines is 3. The van der Waals surface area contributed by atoms with Crippen molar-refractivity contribution in [2.75, 3.05) is 17.2 Å². The van der Waals surface area contributed by atoms with Gasteiger partial charge in [-0.1, -0.05) is 12.8 Å². The van der Waals surface area contributed by atoms with E-state index in [4.69, 9.17) is 0 Å². The first-order valence-electron chi connectivity index (χ1n) is 10.3. The molecule has 0 unspecified atom stereocenters. The Morgan fingerprint density at radius 1 is 1.12 bits per heavy atom. The summed E-state index contributed by atoms with van der Waals surface area (Å²) in [6.45, 7) is -1.25. The first kappa shape index (κ1) is 21.7. The van der Waals surface area contributed by atoms with Gasteiger partial charge in [0.15, 0.2) is 0 Å². The molecule has 0 radical (unpaired) electrons. The number of amides is 1. The van der Waals surface area contributed by atoms with Crippen molar-refractivity contribution in [1.29, 1.82) is 0 Å². The van der Waals surface area contributed by atoms with Gasteiger partial charge >= 0.3 is 6.18 Å². The fourth-order valence-corrected chi connectivity index (χ4v) is 3.77. The highest BCUT2D eigenvalue weighted by atomic mass is 19.4. The predicted molar refractivity (Wildman–Crippen MR) is 116 cm³/mol. The number of aromatic nitrogens is 2. The number of halogens is 3. The SMILES string of the molecule is O=C(NC1CCCC1)c1ccc(Nc2nc(NCC(F)(F)F)cc3cc[nH]c(=O)c23)cc1. The maximum atomic E-state index is 12.6. The molecule has 4 N–H and O–H groups in total. The number of carbonyl (C=O) groups excluding carboxylic acids is 1. The highest BCUT2D eigenvalue weighted by molar-refractivity contribution is 5.96. The summed E-state index contributed by atoms with van der Waals surface area (Å²) >= 11 is 0. The smallest absolute Gasteiger partial charge is 0.361 e. The molecule has 0 atom stereocenters. The van der Waals surface area contributed by atoms with Gasteiger partial charge in [0.25, 0.3) is 11.5 Å². The zero-order chi connectivity index (χ0) is 22.7. The quantitative estimate of drug-likeness (QED) is 0.453. The van der Waals surface area contributed by atoms with E-state index in [1.54, 1.807) is 30.3 Å². The molecule has 1 fully saturated rings. The van der Waals surface area contributed by atoms with Crippen LogP contribution in [0.2, 0.25) is 0 Å². The summed E-state index contributed by atoms with van der Waals surface area (Å²) in [6, 6.07) is 9.77. The number of benzene rings is 1. The molecule has 2 aromatic heterocycles. The molecule has 4 rings (SSSR count). The van der Waals surface area contributed by atoms with Crippen molar-refractivity contribution in [3.05, 3.63) is 58.5 Å². The number of nitrogens with zero attached hydrogens (tertiary/aromatic N) is 1. The van der Waals surface area contributed by atoms with Crippen LogP contribution in [0.4, 0.5) is 30.5 Å². The zero-order valence-corrected chi connectivity index (χ0v) is 17.1. The lowest BCUT2D eigenvalue weighted by Gasteiger charge is -2.14. The standard InChI is InChI=1S/C22H22F3N5O2/c23-22(24,25)12-27-17-11-14-9-10-26-21(32)18(14)19(30-17)28-16-7-5-13(6-8-16)20(31)29-15-3-1-2-4-15/h5-11,15H,1-4,12H2,(H,26,32)(H,29,31)(H2,27,28,30).